The maximum absolute atomic E-state index is 12.0. The predicted octanol–water partition coefficient (Wildman–Crippen LogP) is 2.44. The van der Waals surface area contributed by atoms with Crippen molar-refractivity contribution in [3.8, 4) is 0 Å². The van der Waals surface area contributed by atoms with E-state index < -0.39 is 5.92 Å². The van der Waals surface area contributed by atoms with E-state index in [1.807, 2.05) is 0 Å². The van der Waals surface area contributed by atoms with Crippen LogP contribution in [0.5, 0.6) is 0 Å². The molecule has 1 saturated carbocycles. The number of hydrogen-bond donors (Lipinski definition) is 0. The van der Waals surface area contributed by atoms with Crippen LogP contribution in [0.25, 0.3) is 0 Å². The van der Waals surface area contributed by atoms with E-state index >= 15 is 0 Å². The standard InChI is InChI=1S/C6H10F2/c1-6(7,8)4-5-2-3-5/h5H,2-4H2,1H3. The first-order valence-electron chi connectivity index (χ1n) is 2.96. The van der Waals surface area contributed by atoms with Gasteiger partial charge in [-0.2, -0.15) is 0 Å². The Bertz CT molecular complexity index is 79.0. The molecule has 0 unspecified atom stereocenters. The van der Waals surface area contributed by atoms with Gasteiger partial charge in [-0.15, -0.1) is 0 Å². The SMILES string of the molecule is CC(F)(F)CC1CC1. The van der Waals surface area contributed by atoms with Gasteiger partial charge >= 0.3 is 0 Å². The van der Waals surface area contributed by atoms with Gasteiger partial charge in [0.1, 0.15) is 0 Å². The van der Waals surface area contributed by atoms with E-state index in [0.29, 0.717) is 5.92 Å². The molecule has 1 rings (SSSR count). The van der Waals surface area contributed by atoms with Crippen molar-refractivity contribution in [2.45, 2.75) is 32.1 Å². The Labute approximate surface area is 47.9 Å². The third-order valence-electron chi connectivity index (χ3n) is 1.34. The van der Waals surface area contributed by atoms with Crippen LogP contribution in [0.4, 0.5) is 8.78 Å². The molecule has 0 aliphatic heterocycles. The minimum Gasteiger partial charge on any atom is -0.207 e. The molecule has 0 nitrogen and oxygen atoms in total. The summed E-state index contributed by atoms with van der Waals surface area (Å²) in [6, 6.07) is 0. The van der Waals surface area contributed by atoms with Gasteiger partial charge in [0.2, 0.25) is 5.92 Å². The first-order valence-corrected chi connectivity index (χ1v) is 2.96. The lowest BCUT2D eigenvalue weighted by molar-refractivity contribution is 0.00731. The highest BCUT2D eigenvalue weighted by molar-refractivity contribution is 4.77. The third-order valence-corrected chi connectivity index (χ3v) is 1.34. The van der Waals surface area contributed by atoms with Gasteiger partial charge in [-0.3, -0.25) is 0 Å². The van der Waals surface area contributed by atoms with E-state index in [2.05, 4.69) is 0 Å². The van der Waals surface area contributed by atoms with Crippen molar-refractivity contribution in [3.05, 3.63) is 0 Å². The molecule has 1 fully saturated rings. The molecule has 0 N–H and O–H groups in total. The Hall–Kier alpha value is -0.140. The molecule has 0 bridgehead atoms. The Morgan fingerprint density at radius 3 is 2.12 bits per heavy atom. The van der Waals surface area contributed by atoms with Gasteiger partial charge in [-0.05, 0) is 25.7 Å². The van der Waals surface area contributed by atoms with Crippen LogP contribution in [-0.2, 0) is 0 Å². The highest BCUT2D eigenvalue weighted by atomic mass is 19.3. The van der Waals surface area contributed by atoms with Crippen LogP contribution in [0, 0.1) is 5.92 Å². The maximum atomic E-state index is 12.0. The minimum atomic E-state index is -2.42. The van der Waals surface area contributed by atoms with Gasteiger partial charge in [0.15, 0.2) is 0 Å². The number of halogens is 2. The Morgan fingerprint density at radius 1 is 1.50 bits per heavy atom. The summed E-state index contributed by atoms with van der Waals surface area (Å²) in [5, 5.41) is 0. The Morgan fingerprint density at radius 2 is 2.00 bits per heavy atom. The predicted molar refractivity (Wildman–Crippen MR) is 28.0 cm³/mol. The van der Waals surface area contributed by atoms with E-state index in [1.165, 1.54) is 0 Å². The summed E-state index contributed by atoms with van der Waals surface area (Å²) in [7, 11) is 0. The van der Waals surface area contributed by atoms with E-state index in [-0.39, 0.29) is 6.42 Å². The second-order valence-corrected chi connectivity index (χ2v) is 2.72. The van der Waals surface area contributed by atoms with E-state index in [0.717, 1.165) is 19.8 Å². The molecule has 0 heterocycles. The van der Waals surface area contributed by atoms with Gasteiger partial charge in [0.25, 0.3) is 0 Å². The fourth-order valence-corrected chi connectivity index (χ4v) is 0.829. The molecule has 1 aliphatic rings. The van der Waals surface area contributed by atoms with Crippen LogP contribution < -0.4 is 0 Å². The smallest absolute Gasteiger partial charge is 0.207 e. The number of rotatable bonds is 2. The van der Waals surface area contributed by atoms with Gasteiger partial charge < -0.3 is 0 Å². The number of hydrogen-bond acceptors (Lipinski definition) is 0. The average molecular weight is 120 g/mol. The fraction of sp³-hybridized carbons (Fsp3) is 1.00. The van der Waals surface area contributed by atoms with E-state index in [9.17, 15) is 8.78 Å². The monoisotopic (exact) mass is 120 g/mol. The van der Waals surface area contributed by atoms with Crippen molar-refractivity contribution in [3.63, 3.8) is 0 Å². The highest BCUT2D eigenvalue weighted by Crippen LogP contribution is 2.38. The molecule has 0 atom stereocenters. The van der Waals surface area contributed by atoms with Gasteiger partial charge in [-0.1, -0.05) is 0 Å². The lowest BCUT2D eigenvalue weighted by atomic mass is 10.2. The second kappa shape index (κ2) is 1.67. The van der Waals surface area contributed by atoms with Gasteiger partial charge in [0.05, 0.1) is 0 Å². The second-order valence-electron chi connectivity index (χ2n) is 2.72. The summed E-state index contributed by atoms with van der Waals surface area (Å²) < 4.78 is 24.0. The lowest BCUT2D eigenvalue weighted by Crippen LogP contribution is -2.09. The summed E-state index contributed by atoms with van der Waals surface area (Å²) in [5.41, 5.74) is 0. The molecule has 0 aromatic carbocycles. The zero-order chi connectivity index (χ0) is 6.20. The minimum absolute atomic E-state index is 0.104. The summed E-state index contributed by atoms with van der Waals surface area (Å²) in [4.78, 5) is 0. The molecule has 2 heteroatoms. The maximum Gasteiger partial charge on any atom is 0.245 e. The molecule has 48 valence electrons. The van der Waals surface area contributed by atoms with Crippen LogP contribution in [0.1, 0.15) is 26.2 Å². The fourth-order valence-electron chi connectivity index (χ4n) is 0.829. The van der Waals surface area contributed by atoms with Crippen molar-refractivity contribution in [2.24, 2.45) is 5.92 Å². The normalized spacial score (nSPS) is 21.4. The first-order chi connectivity index (χ1) is 3.58. The topological polar surface area (TPSA) is 0 Å². The summed E-state index contributed by atoms with van der Waals surface area (Å²) in [6.07, 6.45) is 2.14. The van der Waals surface area contributed by atoms with Crippen molar-refractivity contribution in [1.29, 1.82) is 0 Å². The Kier molecular flexibility index (Phi) is 1.25. The van der Waals surface area contributed by atoms with Crippen molar-refractivity contribution >= 4 is 0 Å². The number of alkyl halides is 2. The summed E-state index contributed by atoms with van der Waals surface area (Å²) in [5.74, 6) is -2.07. The van der Waals surface area contributed by atoms with Crippen LogP contribution >= 0.6 is 0 Å². The van der Waals surface area contributed by atoms with Crippen molar-refractivity contribution < 1.29 is 8.78 Å². The van der Waals surface area contributed by atoms with E-state index in [4.69, 9.17) is 0 Å². The largest absolute Gasteiger partial charge is 0.245 e. The van der Waals surface area contributed by atoms with E-state index in [1.54, 1.807) is 0 Å². The van der Waals surface area contributed by atoms with Crippen LogP contribution in [0.15, 0.2) is 0 Å². The lowest BCUT2D eigenvalue weighted by Gasteiger charge is -2.06. The molecule has 0 amide bonds. The van der Waals surface area contributed by atoms with Crippen LogP contribution in [0.2, 0.25) is 0 Å². The molecule has 0 saturated heterocycles. The zero-order valence-corrected chi connectivity index (χ0v) is 4.95. The van der Waals surface area contributed by atoms with Crippen molar-refractivity contribution in [1.82, 2.24) is 0 Å². The molecule has 0 aromatic heterocycles. The van der Waals surface area contributed by atoms with Gasteiger partial charge in [-0.25, -0.2) is 8.78 Å². The van der Waals surface area contributed by atoms with Crippen molar-refractivity contribution in [2.75, 3.05) is 0 Å². The summed E-state index contributed by atoms with van der Waals surface area (Å²) in [6.45, 7) is 0.991. The van der Waals surface area contributed by atoms with Gasteiger partial charge in [0, 0.05) is 6.42 Å². The molecule has 8 heavy (non-hydrogen) atoms. The molecule has 1 aliphatic carbocycles. The average Bonchev–Trinajstić information content (AvgIpc) is 2.12. The molecule has 0 radical (unpaired) electrons. The molecular weight excluding hydrogens is 110 g/mol. The Balaban J connectivity index is 2.16. The molecular formula is C6H10F2. The molecule has 0 aromatic rings. The zero-order valence-electron chi connectivity index (χ0n) is 4.95. The third kappa shape index (κ3) is 2.24. The quantitative estimate of drug-likeness (QED) is 0.525. The van der Waals surface area contributed by atoms with Crippen LogP contribution in [-0.4, -0.2) is 5.92 Å². The highest BCUT2D eigenvalue weighted by Gasteiger charge is 2.32. The molecule has 0 spiro atoms. The first kappa shape index (κ1) is 5.99. The van der Waals surface area contributed by atoms with Crippen LogP contribution in [0.3, 0.4) is 0 Å². The summed E-state index contributed by atoms with van der Waals surface area (Å²) >= 11 is 0.